The number of fused-ring (bicyclic) bond motifs is 1. The normalized spacial score (nSPS) is 18.3. The van der Waals surface area contributed by atoms with Crippen molar-refractivity contribution in [1.29, 1.82) is 0 Å². The summed E-state index contributed by atoms with van der Waals surface area (Å²) in [5.74, 6) is 1.21. The lowest BCUT2D eigenvalue weighted by atomic mass is 10.2. The largest absolute Gasteiger partial charge is 0.333 e. The Morgan fingerprint density at radius 3 is 3.05 bits per heavy atom. The Labute approximate surface area is 125 Å². The number of likely N-dealkylation sites (tertiary alicyclic amines) is 1. The van der Waals surface area contributed by atoms with Crippen molar-refractivity contribution in [1.82, 2.24) is 14.5 Å². The van der Waals surface area contributed by atoms with E-state index in [2.05, 4.69) is 17.2 Å². The number of para-hydroxylation sites is 2. The lowest BCUT2D eigenvalue weighted by Gasteiger charge is -2.24. The minimum absolute atomic E-state index is 0.102. The maximum Gasteiger partial charge on any atom is 0.222 e. The van der Waals surface area contributed by atoms with E-state index < -0.39 is 0 Å². The van der Waals surface area contributed by atoms with Crippen molar-refractivity contribution >= 4 is 16.9 Å². The highest BCUT2D eigenvalue weighted by Gasteiger charge is 2.32. The van der Waals surface area contributed by atoms with Crippen molar-refractivity contribution in [3.8, 4) is 0 Å². The lowest BCUT2D eigenvalue weighted by Crippen LogP contribution is -2.31. The van der Waals surface area contributed by atoms with E-state index in [1.165, 1.54) is 0 Å². The van der Waals surface area contributed by atoms with Crippen LogP contribution >= 0.6 is 0 Å². The Hall–Kier alpha value is -2.10. The van der Waals surface area contributed by atoms with E-state index in [1.807, 2.05) is 36.1 Å². The van der Waals surface area contributed by atoms with Crippen LogP contribution in [0.2, 0.25) is 0 Å². The van der Waals surface area contributed by atoms with Crippen LogP contribution in [-0.4, -0.2) is 26.9 Å². The Kier molecular flexibility index (Phi) is 3.78. The summed E-state index contributed by atoms with van der Waals surface area (Å²) in [5.41, 5.74) is 2.10. The van der Waals surface area contributed by atoms with Gasteiger partial charge in [0.05, 0.1) is 17.1 Å². The van der Waals surface area contributed by atoms with Gasteiger partial charge in [0.1, 0.15) is 5.82 Å². The number of allylic oxidation sites excluding steroid dienone is 1. The fourth-order valence-electron chi connectivity index (χ4n) is 3.21. The van der Waals surface area contributed by atoms with Crippen molar-refractivity contribution in [2.75, 3.05) is 6.54 Å². The Morgan fingerprint density at radius 1 is 1.48 bits per heavy atom. The van der Waals surface area contributed by atoms with Crippen LogP contribution in [0.5, 0.6) is 0 Å². The summed E-state index contributed by atoms with van der Waals surface area (Å²) in [6.45, 7) is 7.34. The Bertz CT molecular complexity index is 674. The summed E-state index contributed by atoms with van der Waals surface area (Å²) in [4.78, 5) is 18.9. The monoisotopic (exact) mass is 283 g/mol. The molecule has 0 unspecified atom stereocenters. The van der Waals surface area contributed by atoms with Gasteiger partial charge in [-0.1, -0.05) is 25.1 Å². The van der Waals surface area contributed by atoms with E-state index in [0.717, 1.165) is 42.8 Å². The third-order valence-corrected chi connectivity index (χ3v) is 4.17. The minimum atomic E-state index is 0.102. The average Bonchev–Trinajstić information content (AvgIpc) is 3.11. The van der Waals surface area contributed by atoms with Crippen LogP contribution in [0.15, 0.2) is 36.9 Å². The molecule has 1 aromatic heterocycles. The van der Waals surface area contributed by atoms with E-state index in [1.54, 1.807) is 0 Å². The minimum Gasteiger partial charge on any atom is -0.333 e. The highest BCUT2D eigenvalue weighted by Crippen LogP contribution is 2.33. The fraction of sp³-hybridized carbons (Fsp3) is 0.412. The molecule has 1 aliphatic heterocycles. The molecule has 1 saturated heterocycles. The predicted octanol–water partition coefficient (Wildman–Crippen LogP) is 3.30. The molecule has 1 fully saturated rings. The second-order valence-corrected chi connectivity index (χ2v) is 5.46. The van der Waals surface area contributed by atoms with Crippen LogP contribution in [-0.2, 0) is 11.3 Å². The van der Waals surface area contributed by atoms with Gasteiger partial charge in [-0.05, 0) is 25.0 Å². The zero-order valence-corrected chi connectivity index (χ0v) is 12.5. The predicted molar refractivity (Wildman–Crippen MR) is 83.9 cm³/mol. The molecule has 4 heteroatoms. The summed E-state index contributed by atoms with van der Waals surface area (Å²) >= 11 is 0. The van der Waals surface area contributed by atoms with E-state index in [0.29, 0.717) is 6.42 Å². The third kappa shape index (κ3) is 2.35. The number of hydrogen-bond acceptors (Lipinski definition) is 2. The highest BCUT2D eigenvalue weighted by molar-refractivity contribution is 5.78. The Morgan fingerprint density at radius 2 is 2.29 bits per heavy atom. The zero-order chi connectivity index (χ0) is 14.8. The molecule has 0 bridgehead atoms. The second-order valence-electron chi connectivity index (χ2n) is 5.46. The van der Waals surface area contributed by atoms with Crippen LogP contribution in [0.4, 0.5) is 0 Å². The molecule has 21 heavy (non-hydrogen) atoms. The van der Waals surface area contributed by atoms with Crippen LogP contribution in [0.1, 0.15) is 38.1 Å². The van der Waals surface area contributed by atoms with E-state index in [4.69, 9.17) is 4.98 Å². The zero-order valence-electron chi connectivity index (χ0n) is 12.5. The number of benzene rings is 1. The van der Waals surface area contributed by atoms with Crippen LogP contribution < -0.4 is 0 Å². The summed E-state index contributed by atoms with van der Waals surface area (Å²) < 4.78 is 2.19. The van der Waals surface area contributed by atoms with Gasteiger partial charge in [0.2, 0.25) is 5.91 Å². The summed E-state index contributed by atoms with van der Waals surface area (Å²) in [7, 11) is 0. The van der Waals surface area contributed by atoms with Gasteiger partial charge in [-0.2, -0.15) is 0 Å². The van der Waals surface area contributed by atoms with Gasteiger partial charge >= 0.3 is 0 Å². The average molecular weight is 283 g/mol. The van der Waals surface area contributed by atoms with Gasteiger partial charge in [-0.25, -0.2) is 4.98 Å². The molecule has 1 amide bonds. The van der Waals surface area contributed by atoms with E-state index in [-0.39, 0.29) is 11.9 Å². The fourth-order valence-corrected chi connectivity index (χ4v) is 3.21. The van der Waals surface area contributed by atoms with Crippen LogP contribution in [0.25, 0.3) is 11.0 Å². The summed E-state index contributed by atoms with van der Waals surface area (Å²) in [5, 5.41) is 0. The molecular formula is C17H21N3O. The summed E-state index contributed by atoms with van der Waals surface area (Å²) in [6.07, 6.45) is 4.48. The summed E-state index contributed by atoms with van der Waals surface area (Å²) in [6, 6.07) is 8.23. The molecule has 1 atom stereocenters. The number of amides is 1. The third-order valence-electron chi connectivity index (χ3n) is 4.17. The number of hydrogen-bond donors (Lipinski definition) is 0. The molecule has 4 nitrogen and oxygen atoms in total. The SMILES string of the molecule is C=CCn1c([C@H]2CCCN2C(=O)CC)nc2ccccc21. The van der Waals surface area contributed by atoms with Crippen molar-refractivity contribution in [3.63, 3.8) is 0 Å². The van der Waals surface area contributed by atoms with E-state index in [9.17, 15) is 4.79 Å². The molecule has 1 aliphatic rings. The lowest BCUT2D eigenvalue weighted by molar-refractivity contribution is -0.131. The molecule has 0 aliphatic carbocycles. The Balaban J connectivity index is 2.08. The number of carbonyl (C=O) groups is 1. The maximum absolute atomic E-state index is 12.2. The molecule has 0 N–H and O–H groups in total. The van der Waals surface area contributed by atoms with Gasteiger partial charge in [-0.3, -0.25) is 4.79 Å². The van der Waals surface area contributed by atoms with Crippen molar-refractivity contribution in [3.05, 3.63) is 42.7 Å². The number of aromatic nitrogens is 2. The molecule has 0 spiro atoms. The van der Waals surface area contributed by atoms with Gasteiger partial charge < -0.3 is 9.47 Å². The first-order chi connectivity index (χ1) is 10.3. The van der Waals surface area contributed by atoms with Gasteiger partial charge in [0.15, 0.2) is 0 Å². The first-order valence-corrected chi connectivity index (χ1v) is 7.61. The van der Waals surface area contributed by atoms with Gasteiger partial charge in [0, 0.05) is 19.5 Å². The number of imidazole rings is 1. The molecule has 1 aromatic carbocycles. The molecule has 0 radical (unpaired) electrons. The van der Waals surface area contributed by atoms with Crippen molar-refractivity contribution in [2.24, 2.45) is 0 Å². The molecule has 2 heterocycles. The molecule has 0 saturated carbocycles. The molecular weight excluding hydrogens is 262 g/mol. The number of carbonyl (C=O) groups excluding carboxylic acids is 1. The van der Waals surface area contributed by atoms with Crippen LogP contribution in [0.3, 0.4) is 0 Å². The van der Waals surface area contributed by atoms with Crippen LogP contribution in [0, 0.1) is 0 Å². The van der Waals surface area contributed by atoms with Crippen molar-refractivity contribution in [2.45, 2.75) is 38.8 Å². The topological polar surface area (TPSA) is 38.1 Å². The first-order valence-electron chi connectivity index (χ1n) is 7.61. The number of rotatable bonds is 4. The quantitative estimate of drug-likeness (QED) is 0.807. The van der Waals surface area contributed by atoms with Gasteiger partial charge in [0.25, 0.3) is 0 Å². The standard InChI is InChI=1S/C17H21N3O/c1-3-11-20-14-9-6-5-8-13(14)18-17(20)15-10-7-12-19(15)16(21)4-2/h3,5-6,8-9,15H,1,4,7,10-12H2,2H3/t15-/m1/s1. The van der Waals surface area contributed by atoms with Gasteiger partial charge in [-0.15, -0.1) is 6.58 Å². The first kappa shape index (κ1) is 13.9. The molecule has 3 rings (SSSR count). The molecule has 110 valence electrons. The maximum atomic E-state index is 12.2. The van der Waals surface area contributed by atoms with E-state index >= 15 is 0 Å². The highest BCUT2D eigenvalue weighted by atomic mass is 16.2. The smallest absolute Gasteiger partial charge is 0.222 e. The molecule has 2 aromatic rings. The van der Waals surface area contributed by atoms with Crippen molar-refractivity contribution < 1.29 is 4.79 Å². The second kappa shape index (κ2) is 5.72. The number of nitrogens with zero attached hydrogens (tertiary/aromatic N) is 3.